The van der Waals surface area contributed by atoms with Crippen molar-refractivity contribution in [3.8, 4) is 0 Å². The van der Waals surface area contributed by atoms with E-state index >= 15 is 0 Å². The van der Waals surface area contributed by atoms with Gasteiger partial charge in [-0.3, -0.25) is 4.79 Å². The molecule has 3 heteroatoms. The van der Waals surface area contributed by atoms with E-state index in [1.54, 1.807) is 0 Å². The lowest BCUT2D eigenvalue weighted by molar-refractivity contribution is 0.0940. The summed E-state index contributed by atoms with van der Waals surface area (Å²) in [4.78, 5) is 12.1. The normalized spacial score (nSPS) is 16.2. The largest absolute Gasteiger partial charge is 0.385 e. The van der Waals surface area contributed by atoms with Crippen LogP contribution in [0, 0.1) is 11.3 Å². The Bertz CT molecular complexity index is 433. The van der Waals surface area contributed by atoms with Crippen LogP contribution in [0.3, 0.4) is 0 Å². The van der Waals surface area contributed by atoms with Crippen LogP contribution in [0.1, 0.15) is 44.0 Å². The number of carbonyl (C=O) groups is 1. The van der Waals surface area contributed by atoms with E-state index in [1.165, 1.54) is 12.8 Å². The monoisotopic (exact) mass is 260 g/mol. The molecule has 0 heterocycles. The average Bonchev–Trinajstić information content (AvgIpc) is 3.18. The second kappa shape index (κ2) is 5.64. The Kier molecular flexibility index (Phi) is 4.13. The van der Waals surface area contributed by atoms with E-state index in [0.717, 1.165) is 24.3 Å². The molecule has 1 aliphatic carbocycles. The maximum Gasteiger partial charge on any atom is 0.251 e. The summed E-state index contributed by atoms with van der Waals surface area (Å²) in [6.45, 7) is 8.23. The Morgan fingerprint density at radius 1 is 1.26 bits per heavy atom. The molecular formula is C16H24N2O. The van der Waals surface area contributed by atoms with Crippen LogP contribution in [0.25, 0.3) is 0 Å². The number of carbonyl (C=O) groups excluding carboxylic acids is 1. The molecule has 1 amide bonds. The van der Waals surface area contributed by atoms with Crippen LogP contribution >= 0.6 is 0 Å². The van der Waals surface area contributed by atoms with Crippen molar-refractivity contribution in [2.24, 2.45) is 11.3 Å². The third kappa shape index (κ3) is 3.28. The van der Waals surface area contributed by atoms with Gasteiger partial charge in [-0.2, -0.15) is 0 Å². The molecule has 0 bridgehead atoms. The van der Waals surface area contributed by atoms with Crippen molar-refractivity contribution in [1.29, 1.82) is 0 Å². The summed E-state index contributed by atoms with van der Waals surface area (Å²) in [6, 6.07) is 7.66. The maximum atomic E-state index is 12.1. The SMILES string of the molecule is CCNc1ccc(C(=O)NCC2(C(C)C)CC2)cc1. The van der Waals surface area contributed by atoms with Crippen molar-refractivity contribution < 1.29 is 4.79 Å². The van der Waals surface area contributed by atoms with Crippen molar-refractivity contribution >= 4 is 11.6 Å². The molecule has 0 saturated heterocycles. The fraction of sp³-hybridized carbons (Fsp3) is 0.562. The Labute approximate surface area is 115 Å². The van der Waals surface area contributed by atoms with Gasteiger partial charge in [-0.25, -0.2) is 0 Å². The zero-order valence-corrected chi connectivity index (χ0v) is 12.1. The van der Waals surface area contributed by atoms with Gasteiger partial charge < -0.3 is 10.6 Å². The molecule has 1 aliphatic rings. The summed E-state index contributed by atoms with van der Waals surface area (Å²) in [6.07, 6.45) is 2.48. The van der Waals surface area contributed by atoms with E-state index < -0.39 is 0 Å². The quantitative estimate of drug-likeness (QED) is 0.824. The molecule has 0 radical (unpaired) electrons. The third-order valence-electron chi connectivity index (χ3n) is 4.25. The third-order valence-corrected chi connectivity index (χ3v) is 4.25. The molecule has 0 aromatic heterocycles. The van der Waals surface area contributed by atoms with Gasteiger partial charge in [0.05, 0.1) is 0 Å². The molecule has 19 heavy (non-hydrogen) atoms. The minimum atomic E-state index is 0.0370. The van der Waals surface area contributed by atoms with Gasteiger partial charge in [-0.15, -0.1) is 0 Å². The van der Waals surface area contributed by atoms with Crippen LogP contribution in [-0.4, -0.2) is 19.0 Å². The first-order valence-corrected chi connectivity index (χ1v) is 7.19. The van der Waals surface area contributed by atoms with Crippen molar-refractivity contribution in [2.75, 3.05) is 18.4 Å². The first-order valence-electron chi connectivity index (χ1n) is 7.19. The Morgan fingerprint density at radius 3 is 2.37 bits per heavy atom. The van der Waals surface area contributed by atoms with Gasteiger partial charge >= 0.3 is 0 Å². The van der Waals surface area contributed by atoms with Crippen LogP contribution in [-0.2, 0) is 0 Å². The minimum Gasteiger partial charge on any atom is -0.385 e. The van der Waals surface area contributed by atoms with Crippen molar-refractivity contribution in [3.63, 3.8) is 0 Å². The molecule has 2 rings (SSSR count). The number of hydrogen-bond donors (Lipinski definition) is 2. The predicted molar refractivity (Wildman–Crippen MR) is 79.4 cm³/mol. The minimum absolute atomic E-state index is 0.0370. The topological polar surface area (TPSA) is 41.1 Å². The van der Waals surface area contributed by atoms with Crippen molar-refractivity contribution in [3.05, 3.63) is 29.8 Å². The highest BCUT2D eigenvalue weighted by atomic mass is 16.1. The molecule has 1 aromatic carbocycles. The first-order chi connectivity index (χ1) is 9.07. The number of nitrogens with one attached hydrogen (secondary N) is 2. The predicted octanol–water partition coefficient (Wildman–Crippen LogP) is 3.28. The Hall–Kier alpha value is -1.51. The standard InChI is InChI=1S/C16H24N2O/c1-4-17-14-7-5-13(6-8-14)15(19)18-11-16(9-10-16)12(2)3/h5-8,12,17H,4,9-11H2,1-3H3,(H,18,19). The molecule has 0 unspecified atom stereocenters. The lowest BCUT2D eigenvalue weighted by atomic mass is 9.92. The number of rotatable bonds is 6. The Balaban J connectivity index is 1.89. The van der Waals surface area contributed by atoms with Gasteiger partial charge in [0.1, 0.15) is 0 Å². The van der Waals surface area contributed by atoms with Gasteiger partial charge in [-0.05, 0) is 55.4 Å². The Morgan fingerprint density at radius 2 is 1.89 bits per heavy atom. The van der Waals surface area contributed by atoms with Crippen molar-refractivity contribution in [2.45, 2.75) is 33.6 Å². The van der Waals surface area contributed by atoms with E-state index in [1.807, 2.05) is 24.3 Å². The molecule has 104 valence electrons. The van der Waals surface area contributed by atoms with Gasteiger partial charge in [-0.1, -0.05) is 13.8 Å². The van der Waals surface area contributed by atoms with Crippen LogP contribution in [0.15, 0.2) is 24.3 Å². The number of benzene rings is 1. The molecule has 0 aliphatic heterocycles. The molecule has 1 fully saturated rings. The van der Waals surface area contributed by atoms with E-state index in [9.17, 15) is 4.79 Å². The van der Waals surface area contributed by atoms with Gasteiger partial charge in [0.15, 0.2) is 0 Å². The lowest BCUT2D eigenvalue weighted by Crippen LogP contribution is -2.32. The lowest BCUT2D eigenvalue weighted by Gasteiger charge is -2.20. The summed E-state index contributed by atoms with van der Waals surface area (Å²) >= 11 is 0. The zero-order valence-electron chi connectivity index (χ0n) is 12.1. The highest BCUT2D eigenvalue weighted by molar-refractivity contribution is 5.94. The summed E-state index contributed by atoms with van der Waals surface area (Å²) < 4.78 is 0. The highest BCUT2D eigenvalue weighted by Gasteiger charge is 2.45. The molecule has 0 atom stereocenters. The molecule has 3 nitrogen and oxygen atoms in total. The molecule has 1 saturated carbocycles. The summed E-state index contributed by atoms with van der Waals surface area (Å²) in [5.41, 5.74) is 2.15. The van der Waals surface area contributed by atoms with Crippen LogP contribution in [0.5, 0.6) is 0 Å². The van der Waals surface area contributed by atoms with Crippen LogP contribution in [0.2, 0.25) is 0 Å². The second-order valence-electron chi connectivity index (χ2n) is 5.81. The van der Waals surface area contributed by atoms with Gasteiger partial charge in [0, 0.05) is 24.3 Å². The van der Waals surface area contributed by atoms with Crippen LogP contribution < -0.4 is 10.6 Å². The van der Waals surface area contributed by atoms with Crippen LogP contribution in [0.4, 0.5) is 5.69 Å². The molecular weight excluding hydrogens is 236 g/mol. The van der Waals surface area contributed by atoms with E-state index in [0.29, 0.717) is 11.3 Å². The van der Waals surface area contributed by atoms with Gasteiger partial charge in [0.2, 0.25) is 0 Å². The van der Waals surface area contributed by atoms with E-state index in [-0.39, 0.29) is 5.91 Å². The fourth-order valence-electron chi connectivity index (χ4n) is 2.42. The number of anilines is 1. The number of amides is 1. The van der Waals surface area contributed by atoms with E-state index in [4.69, 9.17) is 0 Å². The molecule has 1 aromatic rings. The molecule has 2 N–H and O–H groups in total. The zero-order chi connectivity index (χ0) is 13.9. The van der Waals surface area contributed by atoms with Gasteiger partial charge in [0.25, 0.3) is 5.91 Å². The fourth-order valence-corrected chi connectivity index (χ4v) is 2.42. The summed E-state index contributed by atoms with van der Waals surface area (Å²) in [7, 11) is 0. The van der Waals surface area contributed by atoms with Crippen molar-refractivity contribution in [1.82, 2.24) is 5.32 Å². The van der Waals surface area contributed by atoms with E-state index in [2.05, 4.69) is 31.4 Å². The second-order valence-corrected chi connectivity index (χ2v) is 5.81. The summed E-state index contributed by atoms with van der Waals surface area (Å²) in [5, 5.41) is 6.30. The number of hydrogen-bond acceptors (Lipinski definition) is 2. The first kappa shape index (κ1) is 13.9. The molecule has 0 spiro atoms. The maximum absolute atomic E-state index is 12.1. The summed E-state index contributed by atoms with van der Waals surface area (Å²) in [5.74, 6) is 0.680. The average molecular weight is 260 g/mol. The highest BCUT2D eigenvalue weighted by Crippen LogP contribution is 2.51. The smallest absolute Gasteiger partial charge is 0.251 e.